The van der Waals surface area contributed by atoms with E-state index in [1.165, 1.54) is 12.1 Å². The van der Waals surface area contributed by atoms with E-state index in [9.17, 15) is 13.2 Å². The number of rotatable bonds is 7. The highest BCUT2D eigenvalue weighted by Gasteiger charge is 2.16. The predicted molar refractivity (Wildman–Crippen MR) is 99.1 cm³/mol. The van der Waals surface area contributed by atoms with Gasteiger partial charge in [0, 0.05) is 23.7 Å². The largest absolute Gasteiger partial charge is 0.352 e. The van der Waals surface area contributed by atoms with Crippen LogP contribution in [-0.2, 0) is 16.6 Å². The number of nitrogens with one attached hydrogen (secondary N) is 2. The van der Waals surface area contributed by atoms with Gasteiger partial charge in [-0.05, 0) is 41.8 Å². The van der Waals surface area contributed by atoms with E-state index in [0.29, 0.717) is 23.0 Å². The lowest BCUT2D eigenvalue weighted by Gasteiger charge is -2.10. The van der Waals surface area contributed by atoms with Crippen LogP contribution in [0, 0.1) is 5.92 Å². The first-order valence-electron chi connectivity index (χ1n) is 7.90. The Kier molecular flexibility index (Phi) is 6.58. The summed E-state index contributed by atoms with van der Waals surface area (Å²) >= 11 is 5.81. The van der Waals surface area contributed by atoms with Gasteiger partial charge in [0.25, 0.3) is 5.91 Å². The van der Waals surface area contributed by atoms with Crippen LogP contribution in [0.25, 0.3) is 0 Å². The Bertz CT molecular complexity index is 834. The Labute approximate surface area is 153 Å². The molecule has 0 spiro atoms. The summed E-state index contributed by atoms with van der Waals surface area (Å²) in [6.45, 7) is 4.65. The zero-order valence-corrected chi connectivity index (χ0v) is 15.7. The molecule has 0 unspecified atom stereocenters. The summed E-state index contributed by atoms with van der Waals surface area (Å²) in [7, 11) is -3.72. The Hall–Kier alpha value is -1.89. The number of carbonyl (C=O) groups excluding carboxylic acids is 1. The van der Waals surface area contributed by atoms with Crippen LogP contribution < -0.4 is 10.0 Å². The molecule has 25 heavy (non-hydrogen) atoms. The van der Waals surface area contributed by atoms with Gasteiger partial charge in [-0.15, -0.1) is 0 Å². The molecular formula is C18H21ClN2O3S. The summed E-state index contributed by atoms with van der Waals surface area (Å²) in [5.41, 5.74) is 1.11. The van der Waals surface area contributed by atoms with Gasteiger partial charge in [0.15, 0.2) is 0 Å². The van der Waals surface area contributed by atoms with Crippen molar-refractivity contribution in [1.82, 2.24) is 10.0 Å². The molecule has 2 rings (SSSR count). The van der Waals surface area contributed by atoms with E-state index in [4.69, 9.17) is 11.6 Å². The topological polar surface area (TPSA) is 75.3 Å². The normalized spacial score (nSPS) is 11.5. The fraction of sp³-hybridized carbons (Fsp3) is 0.278. The van der Waals surface area contributed by atoms with E-state index < -0.39 is 10.0 Å². The van der Waals surface area contributed by atoms with E-state index in [2.05, 4.69) is 10.0 Å². The van der Waals surface area contributed by atoms with Crippen molar-refractivity contribution in [2.45, 2.75) is 25.3 Å². The minimum absolute atomic E-state index is 0.0543. The maximum Gasteiger partial charge on any atom is 0.251 e. The number of hydrogen-bond acceptors (Lipinski definition) is 3. The molecule has 0 radical (unpaired) electrons. The Morgan fingerprint density at radius 1 is 1.12 bits per heavy atom. The smallest absolute Gasteiger partial charge is 0.251 e. The Morgan fingerprint density at radius 2 is 1.80 bits per heavy atom. The fourth-order valence-corrected chi connectivity index (χ4v) is 3.26. The second-order valence-electron chi connectivity index (χ2n) is 6.08. The standard InChI is InChI=1S/C18H21ClN2O3S/c1-13(2)11-20-18(22)15-4-3-5-17(10-15)25(23,24)21-12-14-6-8-16(19)9-7-14/h3-10,13,21H,11-12H2,1-2H3,(H,20,22). The van der Waals surface area contributed by atoms with Crippen molar-refractivity contribution in [3.63, 3.8) is 0 Å². The summed E-state index contributed by atoms with van der Waals surface area (Å²) in [4.78, 5) is 12.2. The molecule has 7 heteroatoms. The van der Waals surface area contributed by atoms with E-state index in [1.807, 2.05) is 13.8 Å². The van der Waals surface area contributed by atoms with Crippen LogP contribution >= 0.6 is 11.6 Å². The molecule has 2 aromatic rings. The third-order valence-corrected chi connectivity index (χ3v) is 5.11. The molecule has 2 aromatic carbocycles. The van der Waals surface area contributed by atoms with E-state index in [0.717, 1.165) is 5.56 Å². The molecule has 5 nitrogen and oxygen atoms in total. The summed E-state index contributed by atoms with van der Waals surface area (Å²) in [5.74, 6) is 0.0281. The third-order valence-electron chi connectivity index (χ3n) is 3.46. The number of sulfonamides is 1. The van der Waals surface area contributed by atoms with Crippen molar-refractivity contribution in [2.75, 3.05) is 6.54 Å². The Balaban J connectivity index is 2.09. The highest BCUT2D eigenvalue weighted by Crippen LogP contribution is 2.14. The monoisotopic (exact) mass is 380 g/mol. The van der Waals surface area contributed by atoms with Gasteiger partial charge in [-0.25, -0.2) is 13.1 Å². The van der Waals surface area contributed by atoms with Crippen molar-refractivity contribution in [2.24, 2.45) is 5.92 Å². The molecule has 0 aliphatic heterocycles. The summed E-state index contributed by atoms with van der Waals surface area (Å²) in [6.07, 6.45) is 0. The van der Waals surface area contributed by atoms with Crippen LogP contribution in [0.15, 0.2) is 53.4 Å². The van der Waals surface area contributed by atoms with Gasteiger partial charge >= 0.3 is 0 Å². The van der Waals surface area contributed by atoms with E-state index in [1.54, 1.807) is 36.4 Å². The highest BCUT2D eigenvalue weighted by atomic mass is 35.5. The van der Waals surface area contributed by atoms with Crippen molar-refractivity contribution < 1.29 is 13.2 Å². The zero-order chi connectivity index (χ0) is 18.4. The van der Waals surface area contributed by atoms with E-state index >= 15 is 0 Å². The summed E-state index contributed by atoms with van der Waals surface area (Å²) in [6, 6.07) is 12.9. The van der Waals surface area contributed by atoms with E-state index in [-0.39, 0.29) is 17.3 Å². The van der Waals surface area contributed by atoms with Gasteiger partial charge in [0.1, 0.15) is 0 Å². The molecule has 0 atom stereocenters. The fourth-order valence-electron chi connectivity index (χ4n) is 2.07. The van der Waals surface area contributed by atoms with Crippen LogP contribution in [-0.4, -0.2) is 20.9 Å². The molecule has 0 saturated heterocycles. The molecule has 0 heterocycles. The zero-order valence-electron chi connectivity index (χ0n) is 14.1. The molecule has 134 valence electrons. The van der Waals surface area contributed by atoms with Crippen LogP contribution in [0.4, 0.5) is 0 Å². The highest BCUT2D eigenvalue weighted by molar-refractivity contribution is 7.89. The number of hydrogen-bond donors (Lipinski definition) is 2. The number of carbonyl (C=O) groups is 1. The average Bonchev–Trinajstić information content (AvgIpc) is 2.59. The van der Waals surface area contributed by atoms with Crippen LogP contribution in [0.3, 0.4) is 0 Å². The lowest BCUT2D eigenvalue weighted by Crippen LogP contribution is -2.28. The number of halogens is 1. The lowest BCUT2D eigenvalue weighted by atomic mass is 10.2. The second-order valence-corrected chi connectivity index (χ2v) is 8.29. The molecule has 0 fully saturated rings. The SMILES string of the molecule is CC(C)CNC(=O)c1cccc(S(=O)(=O)NCc2ccc(Cl)cc2)c1. The maximum absolute atomic E-state index is 12.4. The van der Waals surface area contributed by atoms with Crippen LogP contribution in [0.2, 0.25) is 5.02 Å². The Morgan fingerprint density at radius 3 is 2.44 bits per heavy atom. The van der Waals surface area contributed by atoms with Gasteiger partial charge < -0.3 is 5.32 Å². The first kappa shape index (κ1) is 19.4. The first-order valence-corrected chi connectivity index (χ1v) is 9.76. The first-order chi connectivity index (χ1) is 11.8. The van der Waals surface area contributed by atoms with Crippen LogP contribution in [0.1, 0.15) is 29.8 Å². The van der Waals surface area contributed by atoms with Gasteiger partial charge in [-0.2, -0.15) is 0 Å². The summed E-state index contributed by atoms with van der Waals surface area (Å²) < 4.78 is 27.4. The predicted octanol–water partition coefficient (Wildman–Crippen LogP) is 3.20. The minimum atomic E-state index is -3.72. The number of amides is 1. The average molecular weight is 381 g/mol. The maximum atomic E-state index is 12.4. The molecule has 0 aliphatic rings. The quantitative estimate of drug-likeness (QED) is 0.774. The summed E-state index contributed by atoms with van der Waals surface area (Å²) in [5, 5.41) is 3.36. The van der Waals surface area contributed by atoms with Crippen molar-refractivity contribution in [3.05, 3.63) is 64.7 Å². The molecule has 0 saturated carbocycles. The van der Waals surface area contributed by atoms with Gasteiger partial charge in [-0.3, -0.25) is 4.79 Å². The molecule has 0 aromatic heterocycles. The van der Waals surface area contributed by atoms with Crippen molar-refractivity contribution in [3.8, 4) is 0 Å². The van der Waals surface area contributed by atoms with Crippen LogP contribution in [0.5, 0.6) is 0 Å². The lowest BCUT2D eigenvalue weighted by molar-refractivity contribution is 0.0949. The van der Waals surface area contributed by atoms with Gasteiger partial charge in [0.05, 0.1) is 4.90 Å². The molecule has 1 amide bonds. The molecule has 2 N–H and O–H groups in total. The van der Waals surface area contributed by atoms with Crippen molar-refractivity contribution in [1.29, 1.82) is 0 Å². The van der Waals surface area contributed by atoms with Crippen molar-refractivity contribution >= 4 is 27.5 Å². The van der Waals surface area contributed by atoms with Gasteiger partial charge in [-0.1, -0.05) is 43.6 Å². The second kappa shape index (κ2) is 8.47. The minimum Gasteiger partial charge on any atom is -0.352 e. The molecular weight excluding hydrogens is 360 g/mol. The third kappa shape index (κ3) is 5.85. The van der Waals surface area contributed by atoms with Gasteiger partial charge in [0.2, 0.25) is 10.0 Å². The number of benzene rings is 2. The molecule has 0 aliphatic carbocycles. The molecule has 0 bridgehead atoms.